The first-order valence-corrected chi connectivity index (χ1v) is 8.74. The molecule has 0 fully saturated rings. The summed E-state index contributed by atoms with van der Waals surface area (Å²) >= 11 is 0. The highest BCUT2D eigenvalue weighted by molar-refractivity contribution is 6.71. The molecule has 0 unspecified atom stereocenters. The summed E-state index contributed by atoms with van der Waals surface area (Å²) in [5.74, 6) is 0.696. The third-order valence-electron chi connectivity index (χ3n) is 2.68. The van der Waals surface area contributed by atoms with Crippen molar-refractivity contribution in [1.29, 1.82) is 0 Å². The average Bonchev–Trinajstić information content (AvgIpc) is 2.56. The highest BCUT2D eigenvalue weighted by Crippen LogP contribution is 2.21. The molecule has 0 amide bonds. The Hall–Kier alpha value is -0.343. The fourth-order valence-corrected chi connectivity index (χ4v) is 3.88. The van der Waals surface area contributed by atoms with Gasteiger partial charge in [0.1, 0.15) is 0 Å². The van der Waals surface area contributed by atoms with Gasteiger partial charge < -0.3 is 4.43 Å². The van der Waals surface area contributed by atoms with Crippen LogP contribution in [-0.2, 0) is 4.43 Å². The van der Waals surface area contributed by atoms with Gasteiger partial charge in [-0.1, -0.05) is 30.7 Å². The highest BCUT2D eigenvalue weighted by Gasteiger charge is 2.21. The van der Waals surface area contributed by atoms with Gasteiger partial charge in [-0.3, -0.25) is 0 Å². The van der Waals surface area contributed by atoms with Crippen LogP contribution < -0.4 is 0 Å². The van der Waals surface area contributed by atoms with E-state index in [1.807, 2.05) is 0 Å². The summed E-state index contributed by atoms with van der Waals surface area (Å²) in [4.78, 5) is 0. The van der Waals surface area contributed by atoms with E-state index in [0.717, 1.165) is 6.61 Å². The van der Waals surface area contributed by atoms with Gasteiger partial charge in [0, 0.05) is 6.61 Å². The molecule has 0 atom stereocenters. The summed E-state index contributed by atoms with van der Waals surface area (Å²) in [6, 6.07) is 1.29. The monoisotopic (exact) mass is 210 g/mol. The Labute approximate surface area is 89.0 Å². The topological polar surface area (TPSA) is 9.23 Å². The molecule has 0 saturated heterocycles. The van der Waals surface area contributed by atoms with Crippen LogP contribution in [0.25, 0.3) is 0 Å². The second kappa shape index (κ2) is 5.52. The maximum absolute atomic E-state index is 5.80. The predicted molar refractivity (Wildman–Crippen MR) is 64.9 cm³/mol. The molecule has 1 rings (SSSR count). The minimum Gasteiger partial charge on any atom is -0.418 e. The molecule has 1 nitrogen and oxygen atoms in total. The van der Waals surface area contributed by atoms with E-state index in [0.29, 0.717) is 5.92 Å². The Bertz CT molecular complexity index is 206. The smallest absolute Gasteiger partial charge is 0.186 e. The second-order valence-corrected chi connectivity index (χ2v) is 8.83. The molecule has 2 heteroatoms. The van der Waals surface area contributed by atoms with Crippen LogP contribution in [-0.4, -0.2) is 14.9 Å². The summed E-state index contributed by atoms with van der Waals surface area (Å²) in [6.07, 6.45) is 11.5. The Morgan fingerprint density at radius 3 is 2.43 bits per heavy atom. The second-order valence-electron chi connectivity index (χ2n) is 4.52. The van der Waals surface area contributed by atoms with Crippen LogP contribution in [0.2, 0.25) is 19.1 Å². The van der Waals surface area contributed by atoms with E-state index < -0.39 is 8.32 Å². The fourth-order valence-electron chi connectivity index (χ4n) is 1.90. The summed E-state index contributed by atoms with van der Waals surface area (Å²) in [5, 5.41) is 0. The molecule has 0 saturated carbocycles. The van der Waals surface area contributed by atoms with Crippen LogP contribution in [0.3, 0.4) is 0 Å². The maximum Gasteiger partial charge on any atom is 0.186 e. The molecular weight excluding hydrogens is 188 g/mol. The van der Waals surface area contributed by atoms with Gasteiger partial charge in [0.25, 0.3) is 0 Å². The van der Waals surface area contributed by atoms with Gasteiger partial charge in [-0.15, -0.1) is 0 Å². The molecule has 0 spiro atoms. The van der Waals surface area contributed by atoms with Crippen LogP contribution in [0.4, 0.5) is 0 Å². The fraction of sp³-hybridized carbons (Fsp3) is 0.667. The van der Waals surface area contributed by atoms with Crippen molar-refractivity contribution >= 4 is 8.32 Å². The average molecular weight is 210 g/mol. The maximum atomic E-state index is 5.80. The van der Waals surface area contributed by atoms with Crippen molar-refractivity contribution in [3.05, 3.63) is 24.3 Å². The van der Waals surface area contributed by atoms with Crippen molar-refractivity contribution in [2.45, 2.75) is 38.9 Å². The minimum absolute atomic E-state index is 0.696. The summed E-state index contributed by atoms with van der Waals surface area (Å²) in [6.45, 7) is 7.60. The van der Waals surface area contributed by atoms with Crippen molar-refractivity contribution in [3.63, 3.8) is 0 Å². The van der Waals surface area contributed by atoms with Crippen LogP contribution in [0.1, 0.15) is 19.8 Å². The Morgan fingerprint density at radius 2 is 1.86 bits per heavy atom. The van der Waals surface area contributed by atoms with Gasteiger partial charge >= 0.3 is 0 Å². The molecule has 0 bridgehead atoms. The third kappa shape index (κ3) is 4.25. The van der Waals surface area contributed by atoms with Gasteiger partial charge in [-0.25, -0.2) is 0 Å². The van der Waals surface area contributed by atoms with Gasteiger partial charge in [0.2, 0.25) is 0 Å². The van der Waals surface area contributed by atoms with Crippen LogP contribution in [0.5, 0.6) is 0 Å². The summed E-state index contributed by atoms with van der Waals surface area (Å²) in [7, 11) is -1.32. The quantitative estimate of drug-likeness (QED) is 0.607. The first kappa shape index (κ1) is 11.7. The normalized spacial score (nSPS) is 16.8. The summed E-state index contributed by atoms with van der Waals surface area (Å²) in [5.41, 5.74) is 0. The number of hydrogen-bond acceptors (Lipinski definition) is 1. The zero-order chi connectivity index (χ0) is 10.4. The van der Waals surface area contributed by atoms with E-state index in [1.54, 1.807) is 0 Å². The molecule has 0 heterocycles. The first-order chi connectivity index (χ1) is 6.64. The zero-order valence-corrected chi connectivity index (χ0v) is 10.6. The molecule has 1 aliphatic rings. The molecule has 0 aromatic heterocycles. The Morgan fingerprint density at radius 1 is 1.21 bits per heavy atom. The number of rotatable bonds is 6. The molecule has 0 aliphatic heterocycles. The lowest BCUT2D eigenvalue weighted by Gasteiger charge is -2.22. The van der Waals surface area contributed by atoms with E-state index in [1.165, 1.54) is 18.9 Å². The van der Waals surface area contributed by atoms with Crippen molar-refractivity contribution in [3.8, 4) is 0 Å². The van der Waals surface area contributed by atoms with Gasteiger partial charge in [-0.05, 0) is 38.4 Å². The minimum atomic E-state index is -1.32. The molecular formula is C12H22OSi. The van der Waals surface area contributed by atoms with E-state index in [4.69, 9.17) is 4.43 Å². The predicted octanol–water partition coefficient (Wildman–Crippen LogP) is 3.75. The summed E-state index contributed by atoms with van der Waals surface area (Å²) < 4.78 is 5.80. The van der Waals surface area contributed by atoms with Crippen LogP contribution in [0, 0.1) is 5.92 Å². The lowest BCUT2D eigenvalue weighted by molar-refractivity contribution is 0.327. The SMILES string of the molecule is CCO[Si](C)(C)CCCC1C=CC=C1. The Kier molecular flexibility index (Phi) is 4.62. The van der Waals surface area contributed by atoms with E-state index >= 15 is 0 Å². The Balaban J connectivity index is 2.13. The molecule has 0 radical (unpaired) electrons. The molecule has 0 N–H and O–H groups in total. The van der Waals surface area contributed by atoms with Crippen molar-refractivity contribution in [2.24, 2.45) is 5.92 Å². The molecule has 0 aromatic rings. The molecule has 1 aliphatic carbocycles. The van der Waals surface area contributed by atoms with Crippen LogP contribution >= 0.6 is 0 Å². The molecule has 80 valence electrons. The standard InChI is InChI=1S/C12H22OSi/c1-4-13-14(2,3)11-7-10-12-8-5-6-9-12/h5-6,8-9,12H,4,7,10-11H2,1-3H3. The molecule has 14 heavy (non-hydrogen) atoms. The van der Waals surface area contributed by atoms with Gasteiger partial charge in [-0.2, -0.15) is 0 Å². The van der Waals surface area contributed by atoms with E-state index in [-0.39, 0.29) is 0 Å². The van der Waals surface area contributed by atoms with E-state index in [9.17, 15) is 0 Å². The van der Waals surface area contributed by atoms with Crippen molar-refractivity contribution < 1.29 is 4.43 Å². The largest absolute Gasteiger partial charge is 0.418 e. The van der Waals surface area contributed by atoms with Gasteiger partial charge in [0.15, 0.2) is 8.32 Å². The lowest BCUT2D eigenvalue weighted by Crippen LogP contribution is -2.29. The highest BCUT2D eigenvalue weighted by atomic mass is 28.4. The zero-order valence-electron chi connectivity index (χ0n) is 9.62. The number of hydrogen-bond donors (Lipinski definition) is 0. The molecule has 0 aromatic carbocycles. The van der Waals surface area contributed by atoms with Crippen LogP contribution in [0.15, 0.2) is 24.3 Å². The number of allylic oxidation sites excluding steroid dienone is 4. The first-order valence-electron chi connectivity index (χ1n) is 5.63. The van der Waals surface area contributed by atoms with Crippen molar-refractivity contribution in [1.82, 2.24) is 0 Å². The van der Waals surface area contributed by atoms with Gasteiger partial charge in [0.05, 0.1) is 0 Å². The van der Waals surface area contributed by atoms with E-state index in [2.05, 4.69) is 44.3 Å². The third-order valence-corrected chi connectivity index (χ3v) is 5.31. The van der Waals surface area contributed by atoms with Crippen molar-refractivity contribution in [2.75, 3.05) is 6.61 Å². The lowest BCUT2D eigenvalue weighted by atomic mass is 10.1.